The number of carbonyl (C=O) groups excluding carboxylic acids is 1. The molecule has 1 aliphatic heterocycles. The summed E-state index contributed by atoms with van der Waals surface area (Å²) >= 11 is 0. The van der Waals surface area contributed by atoms with Crippen molar-refractivity contribution in [1.29, 1.82) is 0 Å². The number of nitrogens with one attached hydrogen (secondary N) is 1. The molecule has 25 heavy (non-hydrogen) atoms. The second kappa shape index (κ2) is 6.69. The van der Waals surface area contributed by atoms with Gasteiger partial charge < -0.3 is 9.88 Å². The predicted molar refractivity (Wildman–Crippen MR) is 99.6 cm³/mol. The van der Waals surface area contributed by atoms with Gasteiger partial charge in [0.15, 0.2) is 0 Å². The van der Waals surface area contributed by atoms with Gasteiger partial charge in [0.05, 0.1) is 17.6 Å². The third-order valence-corrected chi connectivity index (χ3v) is 4.83. The lowest BCUT2D eigenvalue weighted by atomic mass is 10.2. The molecule has 0 aliphatic carbocycles. The van der Waals surface area contributed by atoms with Crippen LogP contribution >= 0.6 is 0 Å². The number of benzene rings is 2. The SMILES string of the molecule is Cn1c(CN2CCCC2)nc2cc(NC(=O)c3ccccc3)ccc21. The van der Waals surface area contributed by atoms with Gasteiger partial charge in [0.1, 0.15) is 5.82 Å². The van der Waals surface area contributed by atoms with Gasteiger partial charge in [-0.1, -0.05) is 18.2 Å². The molecule has 3 aromatic rings. The molecule has 0 spiro atoms. The van der Waals surface area contributed by atoms with E-state index in [0.717, 1.165) is 42.2 Å². The monoisotopic (exact) mass is 334 g/mol. The third-order valence-electron chi connectivity index (χ3n) is 4.83. The fraction of sp³-hybridized carbons (Fsp3) is 0.300. The van der Waals surface area contributed by atoms with E-state index in [9.17, 15) is 4.79 Å². The molecule has 2 heterocycles. The first-order valence-electron chi connectivity index (χ1n) is 8.75. The van der Waals surface area contributed by atoms with Gasteiger partial charge in [-0.15, -0.1) is 0 Å². The number of rotatable bonds is 4. The van der Waals surface area contributed by atoms with Crippen LogP contribution in [0.4, 0.5) is 5.69 Å². The topological polar surface area (TPSA) is 50.2 Å². The number of carbonyl (C=O) groups is 1. The van der Waals surface area contributed by atoms with Gasteiger partial charge in [0.2, 0.25) is 0 Å². The Bertz CT molecular complexity index is 895. The summed E-state index contributed by atoms with van der Waals surface area (Å²) in [4.78, 5) is 19.5. The molecule has 128 valence electrons. The van der Waals surface area contributed by atoms with Crippen LogP contribution in [0.1, 0.15) is 29.0 Å². The number of hydrogen-bond acceptors (Lipinski definition) is 3. The molecule has 1 N–H and O–H groups in total. The van der Waals surface area contributed by atoms with E-state index < -0.39 is 0 Å². The van der Waals surface area contributed by atoms with Crippen molar-refractivity contribution in [1.82, 2.24) is 14.5 Å². The number of fused-ring (bicyclic) bond motifs is 1. The zero-order valence-corrected chi connectivity index (χ0v) is 14.4. The number of nitrogens with zero attached hydrogens (tertiary/aromatic N) is 3. The van der Waals surface area contributed by atoms with E-state index in [1.165, 1.54) is 12.8 Å². The molecule has 0 atom stereocenters. The van der Waals surface area contributed by atoms with Crippen LogP contribution in [0.2, 0.25) is 0 Å². The predicted octanol–water partition coefficient (Wildman–Crippen LogP) is 3.42. The van der Waals surface area contributed by atoms with Crippen LogP contribution in [-0.4, -0.2) is 33.4 Å². The normalized spacial score (nSPS) is 14.9. The highest BCUT2D eigenvalue weighted by Gasteiger charge is 2.16. The minimum atomic E-state index is -0.104. The fourth-order valence-electron chi connectivity index (χ4n) is 3.40. The van der Waals surface area contributed by atoms with Crippen LogP contribution in [0, 0.1) is 0 Å². The van der Waals surface area contributed by atoms with E-state index in [4.69, 9.17) is 4.98 Å². The number of aromatic nitrogens is 2. The van der Waals surface area contributed by atoms with Gasteiger partial charge in [-0.3, -0.25) is 9.69 Å². The van der Waals surface area contributed by atoms with Crippen LogP contribution in [0.5, 0.6) is 0 Å². The summed E-state index contributed by atoms with van der Waals surface area (Å²) in [5, 5.41) is 2.95. The summed E-state index contributed by atoms with van der Waals surface area (Å²) in [5.74, 6) is 0.969. The van der Waals surface area contributed by atoms with E-state index >= 15 is 0 Å². The summed E-state index contributed by atoms with van der Waals surface area (Å²) in [6, 6.07) is 15.2. The molecule has 2 aromatic carbocycles. The van der Waals surface area contributed by atoms with Crippen molar-refractivity contribution in [3.8, 4) is 0 Å². The van der Waals surface area contributed by atoms with E-state index in [1.54, 1.807) is 0 Å². The van der Waals surface area contributed by atoms with Gasteiger partial charge in [0, 0.05) is 18.3 Å². The minimum absolute atomic E-state index is 0.104. The number of likely N-dealkylation sites (tertiary alicyclic amines) is 1. The molecule has 1 aliphatic rings. The van der Waals surface area contributed by atoms with Gasteiger partial charge in [0.25, 0.3) is 5.91 Å². The highest BCUT2D eigenvalue weighted by atomic mass is 16.1. The summed E-state index contributed by atoms with van der Waals surface area (Å²) in [6.07, 6.45) is 2.55. The molecule has 1 fully saturated rings. The Morgan fingerprint density at radius 3 is 2.64 bits per heavy atom. The fourth-order valence-corrected chi connectivity index (χ4v) is 3.40. The lowest BCUT2D eigenvalue weighted by Crippen LogP contribution is -2.20. The number of hydrogen-bond donors (Lipinski definition) is 1. The molecular weight excluding hydrogens is 312 g/mol. The Morgan fingerprint density at radius 1 is 1.12 bits per heavy atom. The van der Waals surface area contributed by atoms with E-state index in [-0.39, 0.29) is 5.91 Å². The van der Waals surface area contributed by atoms with Crippen LogP contribution in [0.3, 0.4) is 0 Å². The van der Waals surface area contributed by atoms with Crippen LogP contribution in [0.15, 0.2) is 48.5 Å². The van der Waals surface area contributed by atoms with Crippen molar-refractivity contribution < 1.29 is 4.79 Å². The van der Waals surface area contributed by atoms with Gasteiger partial charge in [-0.2, -0.15) is 0 Å². The first kappa shape index (κ1) is 15.8. The summed E-state index contributed by atoms with van der Waals surface area (Å²) in [5.41, 5.74) is 3.43. The molecule has 5 nitrogen and oxygen atoms in total. The minimum Gasteiger partial charge on any atom is -0.330 e. The van der Waals surface area contributed by atoms with Gasteiger partial charge in [-0.05, 0) is 56.3 Å². The molecule has 0 radical (unpaired) electrons. The number of amides is 1. The maximum atomic E-state index is 12.3. The first-order valence-corrected chi connectivity index (χ1v) is 8.75. The van der Waals surface area contributed by atoms with Crippen LogP contribution in [-0.2, 0) is 13.6 Å². The molecular formula is C20H22N4O. The summed E-state index contributed by atoms with van der Waals surface area (Å²) < 4.78 is 2.15. The summed E-state index contributed by atoms with van der Waals surface area (Å²) in [7, 11) is 2.06. The molecule has 1 saturated heterocycles. The van der Waals surface area contributed by atoms with Crippen molar-refractivity contribution in [3.05, 3.63) is 59.9 Å². The van der Waals surface area contributed by atoms with E-state index in [0.29, 0.717) is 5.56 Å². The number of aryl methyl sites for hydroxylation is 1. The van der Waals surface area contributed by atoms with Crippen LogP contribution in [0.25, 0.3) is 11.0 Å². The van der Waals surface area contributed by atoms with E-state index in [1.807, 2.05) is 48.5 Å². The van der Waals surface area contributed by atoms with Crippen molar-refractivity contribution in [2.45, 2.75) is 19.4 Å². The number of anilines is 1. The molecule has 5 heteroatoms. The van der Waals surface area contributed by atoms with Crippen molar-refractivity contribution in [3.63, 3.8) is 0 Å². The zero-order valence-electron chi connectivity index (χ0n) is 14.4. The highest BCUT2D eigenvalue weighted by molar-refractivity contribution is 6.04. The summed E-state index contributed by atoms with van der Waals surface area (Å²) in [6.45, 7) is 3.19. The zero-order chi connectivity index (χ0) is 17.2. The molecule has 4 rings (SSSR count). The molecule has 0 bridgehead atoms. The quantitative estimate of drug-likeness (QED) is 0.795. The van der Waals surface area contributed by atoms with Gasteiger partial charge in [-0.25, -0.2) is 4.98 Å². The lowest BCUT2D eigenvalue weighted by molar-refractivity contribution is 0.102. The van der Waals surface area contributed by atoms with Crippen molar-refractivity contribution in [2.24, 2.45) is 7.05 Å². The Morgan fingerprint density at radius 2 is 1.88 bits per heavy atom. The van der Waals surface area contributed by atoms with Crippen molar-refractivity contribution in [2.75, 3.05) is 18.4 Å². The third kappa shape index (κ3) is 3.28. The average Bonchev–Trinajstić information content (AvgIpc) is 3.24. The highest BCUT2D eigenvalue weighted by Crippen LogP contribution is 2.22. The van der Waals surface area contributed by atoms with Gasteiger partial charge >= 0.3 is 0 Å². The van der Waals surface area contributed by atoms with Crippen molar-refractivity contribution >= 4 is 22.6 Å². The first-order chi connectivity index (χ1) is 12.2. The maximum Gasteiger partial charge on any atom is 0.255 e. The molecule has 0 saturated carbocycles. The Labute approximate surface area is 147 Å². The lowest BCUT2D eigenvalue weighted by Gasteiger charge is -2.13. The largest absolute Gasteiger partial charge is 0.330 e. The van der Waals surface area contributed by atoms with E-state index in [2.05, 4.69) is 21.8 Å². The molecule has 1 aromatic heterocycles. The second-order valence-corrected chi connectivity index (χ2v) is 6.59. The number of imidazole rings is 1. The standard InChI is InChI=1S/C20H22N4O/c1-23-18-10-9-16(21-20(25)15-7-3-2-4-8-15)13-17(18)22-19(23)14-24-11-5-6-12-24/h2-4,7-10,13H,5-6,11-12,14H2,1H3,(H,21,25). The average molecular weight is 334 g/mol. The maximum absolute atomic E-state index is 12.3. The Kier molecular flexibility index (Phi) is 4.24. The molecule has 1 amide bonds. The Balaban J connectivity index is 1.56. The smallest absolute Gasteiger partial charge is 0.255 e. The van der Waals surface area contributed by atoms with Crippen LogP contribution < -0.4 is 5.32 Å². The Hall–Kier alpha value is -2.66. The second-order valence-electron chi connectivity index (χ2n) is 6.59. The molecule has 0 unspecified atom stereocenters.